The monoisotopic (exact) mass is 280 g/mol. The molecule has 106 valence electrons. The number of ether oxygens (including phenoxy) is 2. The van der Waals surface area contributed by atoms with Crippen LogP contribution in [0, 0.1) is 18.3 Å². The van der Waals surface area contributed by atoms with E-state index in [2.05, 4.69) is 18.3 Å². The van der Waals surface area contributed by atoms with Gasteiger partial charge < -0.3 is 14.8 Å². The lowest BCUT2D eigenvalue weighted by atomic mass is 10.0. The highest BCUT2D eigenvalue weighted by atomic mass is 16.7. The Balaban J connectivity index is 1.86. The topological polar surface area (TPSA) is 54.3 Å². The summed E-state index contributed by atoms with van der Waals surface area (Å²) in [4.78, 5) is 0. The fraction of sp³-hybridized carbons (Fsp3) is 0.235. The number of nitrogens with zero attached hydrogens (tertiary/aromatic N) is 1. The van der Waals surface area contributed by atoms with Crippen LogP contribution in [-0.4, -0.2) is 6.79 Å². The summed E-state index contributed by atoms with van der Waals surface area (Å²) >= 11 is 0. The molecule has 0 bridgehead atoms. The Morgan fingerprint density at radius 2 is 2.00 bits per heavy atom. The van der Waals surface area contributed by atoms with Gasteiger partial charge in [0.05, 0.1) is 11.3 Å². The Kier molecular flexibility index (Phi) is 3.41. The minimum atomic E-state index is 0.0633. The average molecular weight is 280 g/mol. The molecule has 0 radical (unpaired) electrons. The maximum atomic E-state index is 9.28. The van der Waals surface area contributed by atoms with Crippen LogP contribution in [0.2, 0.25) is 0 Å². The number of hydrogen-bond donors (Lipinski definition) is 1. The Morgan fingerprint density at radius 3 is 2.81 bits per heavy atom. The van der Waals surface area contributed by atoms with Gasteiger partial charge in [-0.3, -0.25) is 0 Å². The second kappa shape index (κ2) is 5.37. The number of nitriles is 1. The van der Waals surface area contributed by atoms with Gasteiger partial charge in [0.2, 0.25) is 6.79 Å². The highest BCUT2D eigenvalue weighted by molar-refractivity contribution is 5.61. The van der Waals surface area contributed by atoms with Crippen LogP contribution < -0.4 is 14.8 Å². The molecule has 21 heavy (non-hydrogen) atoms. The van der Waals surface area contributed by atoms with Crippen molar-refractivity contribution in [3.05, 3.63) is 53.1 Å². The van der Waals surface area contributed by atoms with E-state index in [0.29, 0.717) is 5.56 Å². The molecular weight excluding hydrogens is 264 g/mol. The molecule has 1 N–H and O–H groups in total. The number of anilines is 1. The van der Waals surface area contributed by atoms with Crippen molar-refractivity contribution in [1.29, 1.82) is 5.26 Å². The molecule has 0 aliphatic carbocycles. The number of aryl methyl sites for hydroxylation is 1. The second-order valence-electron chi connectivity index (χ2n) is 5.09. The average Bonchev–Trinajstić information content (AvgIpc) is 2.94. The van der Waals surface area contributed by atoms with Crippen LogP contribution in [0.1, 0.15) is 29.7 Å². The van der Waals surface area contributed by atoms with Crippen molar-refractivity contribution in [2.24, 2.45) is 0 Å². The van der Waals surface area contributed by atoms with Gasteiger partial charge in [-0.2, -0.15) is 5.26 Å². The molecule has 3 rings (SSSR count). The lowest BCUT2D eigenvalue weighted by molar-refractivity contribution is 0.174. The molecule has 0 amide bonds. The van der Waals surface area contributed by atoms with E-state index >= 15 is 0 Å². The van der Waals surface area contributed by atoms with E-state index in [0.717, 1.165) is 28.3 Å². The van der Waals surface area contributed by atoms with Gasteiger partial charge in [-0.05, 0) is 43.2 Å². The fourth-order valence-electron chi connectivity index (χ4n) is 2.44. The first-order valence-corrected chi connectivity index (χ1v) is 6.85. The molecule has 0 saturated carbocycles. The number of hydrogen-bond acceptors (Lipinski definition) is 4. The summed E-state index contributed by atoms with van der Waals surface area (Å²) in [5.74, 6) is 1.55. The summed E-state index contributed by atoms with van der Waals surface area (Å²) in [7, 11) is 0. The van der Waals surface area contributed by atoms with Crippen molar-refractivity contribution >= 4 is 5.69 Å². The summed E-state index contributed by atoms with van der Waals surface area (Å²) in [5.41, 5.74) is 3.60. The van der Waals surface area contributed by atoms with Gasteiger partial charge in [0, 0.05) is 6.04 Å². The normalized spacial score (nSPS) is 13.6. The highest BCUT2D eigenvalue weighted by Crippen LogP contribution is 2.35. The Morgan fingerprint density at radius 1 is 1.19 bits per heavy atom. The molecule has 4 heteroatoms. The van der Waals surface area contributed by atoms with E-state index in [1.54, 1.807) is 0 Å². The van der Waals surface area contributed by atoms with Crippen LogP contribution in [0.5, 0.6) is 11.5 Å². The maximum absolute atomic E-state index is 9.28. The Labute approximate surface area is 123 Å². The predicted molar refractivity (Wildman–Crippen MR) is 80.5 cm³/mol. The van der Waals surface area contributed by atoms with E-state index < -0.39 is 0 Å². The molecule has 0 aromatic heterocycles. The molecule has 4 nitrogen and oxygen atoms in total. The molecule has 2 aromatic rings. The molecule has 1 aliphatic rings. The van der Waals surface area contributed by atoms with Crippen LogP contribution in [0.15, 0.2) is 36.4 Å². The van der Waals surface area contributed by atoms with E-state index in [9.17, 15) is 5.26 Å². The van der Waals surface area contributed by atoms with Gasteiger partial charge in [-0.1, -0.05) is 18.2 Å². The molecule has 1 atom stereocenters. The first-order chi connectivity index (χ1) is 10.2. The van der Waals surface area contributed by atoms with E-state index in [4.69, 9.17) is 9.47 Å². The van der Waals surface area contributed by atoms with Gasteiger partial charge in [-0.25, -0.2) is 0 Å². The van der Waals surface area contributed by atoms with Gasteiger partial charge in [0.15, 0.2) is 11.5 Å². The third kappa shape index (κ3) is 2.50. The molecule has 1 unspecified atom stereocenters. The number of nitrogens with one attached hydrogen (secondary N) is 1. The lowest BCUT2D eigenvalue weighted by Crippen LogP contribution is -2.08. The van der Waals surface area contributed by atoms with Crippen LogP contribution in [-0.2, 0) is 0 Å². The van der Waals surface area contributed by atoms with Crippen molar-refractivity contribution in [2.75, 3.05) is 12.1 Å². The van der Waals surface area contributed by atoms with Crippen molar-refractivity contribution in [3.63, 3.8) is 0 Å². The lowest BCUT2D eigenvalue weighted by Gasteiger charge is -2.17. The van der Waals surface area contributed by atoms with Crippen LogP contribution in [0.4, 0.5) is 5.69 Å². The van der Waals surface area contributed by atoms with E-state index in [-0.39, 0.29) is 12.8 Å². The third-order valence-corrected chi connectivity index (χ3v) is 3.65. The van der Waals surface area contributed by atoms with Crippen LogP contribution >= 0.6 is 0 Å². The van der Waals surface area contributed by atoms with Gasteiger partial charge in [0.1, 0.15) is 6.07 Å². The van der Waals surface area contributed by atoms with Crippen molar-refractivity contribution in [1.82, 2.24) is 0 Å². The summed E-state index contributed by atoms with van der Waals surface area (Å²) in [6.45, 7) is 4.27. The SMILES string of the molecule is Cc1cccc(NC(C)c2ccc3c(c2)OCO3)c1C#N. The van der Waals surface area contributed by atoms with Gasteiger partial charge in [-0.15, -0.1) is 0 Å². The minimum Gasteiger partial charge on any atom is -0.454 e. The van der Waals surface area contributed by atoms with Gasteiger partial charge >= 0.3 is 0 Å². The maximum Gasteiger partial charge on any atom is 0.231 e. The zero-order chi connectivity index (χ0) is 14.8. The van der Waals surface area contributed by atoms with Crippen LogP contribution in [0.25, 0.3) is 0 Å². The smallest absolute Gasteiger partial charge is 0.231 e. The molecule has 1 heterocycles. The quantitative estimate of drug-likeness (QED) is 0.929. The Hall–Kier alpha value is -2.67. The zero-order valence-corrected chi connectivity index (χ0v) is 12.0. The van der Waals surface area contributed by atoms with E-state index in [1.165, 1.54) is 0 Å². The molecule has 0 saturated heterocycles. The molecule has 0 fully saturated rings. The minimum absolute atomic E-state index is 0.0633. The van der Waals surface area contributed by atoms with Crippen molar-refractivity contribution < 1.29 is 9.47 Å². The van der Waals surface area contributed by atoms with Gasteiger partial charge in [0.25, 0.3) is 0 Å². The summed E-state index contributed by atoms with van der Waals surface area (Å²) in [6.07, 6.45) is 0. The first kappa shape index (κ1) is 13.3. The second-order valence-corrected chi connectivity index (χ2v) is 5.09. The number of fused-ring (bicyclic) bond motifs is 1. The molecule has 0 spiro atoms. The molecular formula is C17H16N2O2. The summed E-state index contributed by atoms with van der Waals surface area (Å²) < 4.78 is 10.7. The summed E-state index contributed by atoms with van der Waals surface area (Å²) in [5, 5.41) is 12.7. The standard InChI is InChI=1S/C17H16N2O2/c1-11-4-3-5-15(14(11)9-18)19-12(2)13-6-7-16-17(8-13)21-10-20-16/h3-8,12,19H,10H2,1-2H3. The molecule has 2 aromatic carbocycles. The number of benzene rings is 2. The largest absolute Gasteiger partial charge is 0.454 e. The van der Waals surface area contributed by atoms with E-state index in [1.807, 2.05) is 43.3 Å². The summed E-state index contributed by atoms with van der Waals surface area (Å²) in [6, 6.07) is 14.0. The first-order valence-electron chi connectivity index (χ1n) is 6.85. The Bertz CT molecular complexity index is 719. The van der Waals surface area contributed by atoms with Crippen molar-refractivity contribution in [3.8, 4) is 17.6 Å². The molecule has 1 aliphatic heterocycles. The third-order valence-electron chi connectivity index (χ3n) is 3.65. The van der Waals surface area contributed by atoms with Crippen LogP contribution in [0.3, 0.4) is 0 Å². The van der Waals surface area contributed by atoms with Crippen molar-refractivity contribution in [2.45, 2.75) is 19.9 Å². The zero-order valence-electron chi connectivity index (χ0n) is 12.0. The fourth-order valence-corrected chi connectivity index (χ4v) is 2.44. The number of rotatable bonds is 3. The highest BCUT2D eigenvalue weighted by Gasteiger charge is 2.16. The predicted octanol–water partition coefficient (Wildman–Crippen LogP) is 3.77.